The predicted octanol–water partition coefficient (Wildman–Crippen LogP) is -0.275. The van der Waals surface area contributed by atoms with Crippen molar-refractivity contribution in [3.05, 3.63) is 0 Å². The van der Waals surface area contributed by atoms with Gasteiger partial charge < -0.3 is 16.0 Å². The SMILES string of the molecule is CCC(C)(CN)C(=O)NCCN1CCN(C)CC1. The third kappa shape index (κ3) is 4.23. The second-order valence-corrected chi connectivity index (χ2v) is 5.52. The van der Waals surface area contributed by atoms with Crippen LogP contribution in [0, 0.1) is 5.41 Å². The van der Waals surface area contributed by atoms with Gasteiger partial charge in [0, 0.05) is 45.8 Å². The highest BCUT2D eigenvalue weighted by Crippen LogP contribution is 2.18. The molecule has 0 bridgehead atoms. The Kier molecular flexibility index (Phi) is 6.05. The number of nitrogens with one attached hydrogen (secondary N) is 1. The van der Waals surface area contributed by atoms with Crippen LogP contribution in [0.15, 0.2) is 0 Å². The summed E-state index contributed by atoms with van der Waals surface area (Å²) in [4.78, 5) is 16.7. The Hall–Kier alpha value is -0.650. The van der Waals surface area contributed by atoms with Crippen LogP contribution in [0.1, 0.15) is 20.3 Å². The van der Waals surface area contributed by atoms with Crippen LogP contribution in [-0.4, -0.2) is 68.6 Å². The second kappa shape index (κ2) is 7.07. The number of carbonyl (C=O) groups is 1. The molecule has 1 heterocycles. The van der Waals surface area contributed by atoms with Crippen molar-refractivity contribution in [1.29, 1.82) is 0 Å². The molecular weight excluding hydrogens is 228 g/mol. The molecule has 3 N–H and O–H groups in total. The molecule has 1 aliphatic rings. The molecule has 5 heteroatoms. The van der Waals surface area contributed by atoms with Crippen LogP contribution in [-0.2, 0) is 4.79 Å². The number of amides is 1. The van der Waals surface area contributed by atoms with Crippen LogP contribution in [0.2, 0.25) is 0 Å². The quantitative estimate of drug-likeness (QED) is 0.686. The summed E-state index contributed by atoms with van der Waals surface area (Å²) in [6.45, 7) is 10.4. The van der Waals surface area contributed by atoms with Crippen molar-refractivity contribution in [2.45, 2.75) is 20.3 Å². The molecule has 0 aromatic heterocycles. The highest BCUT2D eigenvalue weighted by atomic mass is 16.2. The third-order valence-electron chi connectivity index (χ3n) is 4.09. The molecule has 0 aromatic rings. The molecule has 1 atom stereocenters. The van der Waals surface area contributed by atoms with Crippen LogP contribution < -0.4 is 11.1 Å². The lowest BCUT2D eigenvalue weighted by molar-refractivity contribution is -0.129. The van der Waals surface area contributed by atoms with Crippen LogP contribution in [0.3, 0.4) is 0 Å². The maximum absolute atomic E-state index is 12.0. The maximum Gasteiger partial charge on any atom is 0.227 e. The Morgan fingerprint density at radius 2 is 1.94 bits per heavy atom. The molecular formula is C13H28N4O. The molecule has 1 amide bonds. The molecule has 18 heavy (non-hydrogen) atoms. The smallest absolute Gasteiger partial charge is 0.227 e. The lowest BCUT2D eigenvalue weighted by Gasteiger charge is -2.32. The number of carbonyl (C=O) groups excluding carboxylic acids is 1. The number of nitrogens with zero attached hydrogens (tertiary/aromatic N) is 2. The molecule has 0 spiro atoms. The number of nitrogens with two attached hydrogens (primary N) is 1. The van der Waals surface area contributed by atoms with Crippen molar-refractivity contribution < 1.29 is 4.79 Å². The summed E-state index contributed by atoms with van der Waals surface area (Å²) in [7, 11) is 2.15. The standard InChI is InChI=1S/C13H28N4O/c1-4-13(2,11-14)12(18)15-5-6-17-9-7-16(3)8-10-17/h4-11,14H2,1-3H3,(H,15,18). The van der Waals surface area contributed by atoms with E-state index in [0.29, 0.717) is 6.54 Å². The van der Waals surface area contributed by atoms with E-state index < -0.39 is 5.41 Å². The Bertz CT molecular complexity index is 258. The van der Waals surface area contributed by atoms with E-state index in [4.69, 9.17) is 5.73 Å². The average Bonchev–Trinajstić information content (AvgIpc) is 2.40. The van der Waals surface area contributed by atoms with Crippen LogP contribution in [0.4, 0.5) is 0 Å². The molecule has 0 saturated carbocycles. The molecule has 106 valence electrons. The fourth-order valence-electron chi connectivity index (χ4n) is 2.01. The van der Waals surface area contributed by atoms with Crippen molar-refractivity contribution in [3.63, 3.8) is 0 Å². The van der Waals surface area contributed by atoms with Gasteiger partial charge >= 0.3 is 0 Å². The molecule has 1 unspecified atom stereocenters. The summed E-state index contributed by atoms with van der Waals surface area (Å²) in [6, 6.07) is 0. The topological polar surface area (TPSA) is 61.6 Å². The van der Waals surface area contributed by atoms with Gasteiger partial charge in [0.15, 0.2) is 0 Å². The van der Waals surface area contributed by atoms with Crippen molar-refractivity contribution in [2.75, 3.05) is 52.9 Å². The first-order valence-electron chi connectivity index (χ1n) is 6.91. The number of hydrogen-bond acceptors (Lipinski definition) is 4. The highest BCUT2D eigenvalue weighted by molar-refractivity contribution is 5.82. The summed E-state index contributed by atoms with van der Waals surface area (Å²) >= 11 is 0. The molecule has 1 saturated heterocycles. The van der Waals surface area contributed by atoms with Gasteiger partial charge in [-0.2, -0.15) is 0 Å². The van der Waals surface area contributed by atoms with Gasteiger partial charge in [-0.15, -0.1) is 0 Å². The summed E-state index contributed by atoms with van der Waals surface area (Å²) in [5.74, 6) is 0.0848. The monoisotopic (exact) mass is 256 g/mol. The minimum Gasteiger partial charge on any atom is -0.354 e. The van der Waals surface area contributed by atoms with E-state index in [1.807, 2.05) is 13.8 Å². The van der Waals surface area contributed by atoms with Gasteiger partial charge in [-0.1, -0.05) is 6.92 Å². The summed E-state index contributed by atoms with van der Waals surface area (Å²) in [5, 5.41) is 3.01. The zero-order valence-electron chi connectivity index (χ0n) is 12.0. The summed E-state index contributed by atoms with van der Waals surface area (Å²) in [5.41, 5.74) is 5.26. The van der Waals surface area contributed by atoms with Crippen molar-refractivity contribution in [2.24, 2.45) is 11.1 Å². The van der Waals surface area contributed by atoms with E-state index in [0.717, 1.165) is 45.7 Å². The fraction of sp³-hybridized carbons (Fsp3) is 0.923. The van der Waals surface area contributed by atoms with Gasteiger partial charge in [0.25, 0.3) is 0 Å². The first-order valence-corrected chi connectivity index (χ1v) is 6.91. The van der Waals surface area contributed by atoms with Gasteiger partial charge in [-0.25, -0.2) is 0 Å². The highest BCUT2D eigenvalue weighted by Gasteiger charge is 2.29. The van der Waals surface area contributed by atoms with Crippen LogP contribution >= 0.6 is 0 Å². The maximum atomic E-state index is 12.0. The van der Waals surface area contributed by atoms with Gasteiger partial charge in [-0.3, -0.25) is 9.69 Å². The molecule has 5 nitrogen and oxygen atoms in total. The number of hydrogen-bond donors (Lipinski definition) is 2. The average molecular weight is 256 g/mol. The van der Waals surface area contributed by atoms with E-state index >= 15 is 0 Å². The van der Waals surface area contributed by atoms with E-state index in [-0.39, 0.29) is 5.91 Å². The molecule has 0 aliphatic carbocycles. The molecule has 0 aromatic carbocycles. The van der Waals surface area contributed by atoms with Gasteiger partial charge in [0.1, 0.15) is 0 Å². The van der Waals surface area contributed by atoms with Crippen LogP contribution in [0.25, 0.3) is 0 Å². The number of rotatable bonds is 6. The second-order valence-electron chi connectivity index (χ2n) is 5.52. The van der Waals surface area contributed by atoms with Crippen molar-refractivity contribution >= 4 is 5.91 Å². The Balaban J connectivity index is 2.23. The van der Waals surface area contributed by atoms with Gasteiger partial charge in [-0.05, 0) is 20.4 Å². The zero-order valence-corrected chi connectivity index (χ0v) is 12.0. The van der Waals surface area contributed by atoms with E-state index in [1.165, 1.54) is 0 Å². The van der Waals surface area contributed by atoms with Crippen molar-refractivity contribution in [1.82, 2.24) is 15.1 Å². The molecule has 0 radical (unpaired) electrons. The largest absolute Gasteiger partial charge is 0.354 e. The predicted molar refractivity (Wildman–Crippen MR) is 74.4 cm³/mol. The van der Waals surface area contributed by atoms with E-state index in [1.54, 1.807) is 0 Å². The summed E-state index contributed by atoms with van der Waals surface area (Å²) in [6.07, 6.45) is 0.782. The third-order valence-corrected chi connectivity index (χ3v) is 4.09. The Morgan fingerprint density at radius 3 is 2.44 bits per heavy atom. The molecule has 1 rings (SSSR count). The Labute approximate surface area is 111 Å². The van der Waals surface area contributed by atoms with Gasteiger partial charge in [0.05, 0.1) is 5.41 Å². The Morgan fingerprint density at radius 1 is 1.33 bits per heavy atom. The summed E-state index contributed by atoms with van der Waals surface area (Å²) < 4.78 is 0. The fourth-order valence-corrected chi connectivity index (χ4v) is 2.01. The van der Waals surface area contributed by atoms with Crippen molar-refractivity contribution in [3.8, 4) is 0 Å². The minimum absolute atomic E-state index is 0.0848. The van der Waals surface area contributed by atoms with E-state index in [9.17, 15) is 4.79 Å². The van der Waals surface area contributed by atoms with Gasteiger partial charge in [0.2, 0.25) is 5.91 Å². The number of piperazine rings is 1. The lowest BCUT2D eigenvalue weighted by atomic mass is 9.87. The number of likely N-dealkylation sites (N-methyl/N-ethyl adjacent to an activating group) is 1. The normalized spacial score (nSPS) is 21.6. The lowest BCUT2D eigenvalue weighted by Crippen LogP contribution is -2.49. The van der Waals surface area contributed by atoms with E-state index in [2.05, 4.69) is 22.2 Å². The van der Waals surface area contributed by atoms with Crippen LogP contribution in [0.5, 0.6) is 0 Å². The first kappa shape index (κ1) is 15.4. The first-order chi connectivity index (χ1) is 8.51. The zero-order chi connectivity index (χ0) is 13.6. The minimum atomic E-state index is -0.415. The molecule has 1 fully saturated rings. The molecule has 1 aliphatic heterocycles.